The van der Waals surface area contributed by atoms with Crippen molar-refractivity contribution >= 4 is 37.8 Å². The highest BCUT2D eigenvalue weighted by molar-refractivity contribution is 9.12. The molecule has 0 aromatic heterocycles. The maximum Gasteiger partial charge on any atom is 0.304 e. The van der Waals surface area contributed by atoms with E-state index in [-0.39, 0.29) is 16.7 Å². The molecule has 2 bridgehead atoms. The van der Waals surface area contributed by atoms with Gasteiger partial charge in [0, 0.05) is 0 Å². The molecule has 4 unspecified atom stereocenters. The Morgan fingerprint density at radius 1 is 1.21 bits per heavy atom. The Balaban J connectivity index is 2.12. The molecule has 100 valence electrons. The topological polar surface area (TPSA) is 37.3 Å². The van der Waals surface area contributed by atoms with Crippen LogP contribution in [0, 0.1) is 11.8 Å². The van der Waals surface area contributed by atoms with Gasteiger partial charge in [-0.15, -0.1) is 0 Å². The lowest BCUT2D eigenvalue weighted by molar-refractivity contribution is -0.137. The maximum absolute atomic E-state index is 11.3. The number of carboxylic acid groups (broad SMARTS) is 1. The quantitative estimate of drug-likeness (QED) is 0.628. The first-order valence-corrected chi connectivity index (χ1v) is 7.90. The number of carboxylic acids is 1. The number of aliphatic carboxylic acids is 1. The number of hydrogen-bond acceptors (Lipinski definition) is 1. The van der Waals surface area contributed by atoms with Gasteiger partial charge in [-0.1, -0.05) is 74.3 Å². The fourth-order valence-electron chi connectivity index (χ4n) is 3.53. The zero-order valence-electron chi connectivity index (χ0n) is 10.2. The van der Waals surface area contributed by atoms with Crippen molar-refractivity contribution in [3.8, 4) is 0 Å². The van der Waals surface area contributed by atoms with Gasteiger partial charge in [-0.05, 0) is 23.8 Å². The van der Waals surface area contributed by atoms with Gasteiger partial charge in [-0.2, -0.15) is 0 Å². The summed E-state index contributed by atoms with van der Waals surface area (Å²) in [6, 6.07) is 10.1. The van der Waals surface area contributed by atoms with Gasteiger partial charge in [0.1, 0.15) is 0 Å². The normalized spacial score (nSPS) is 39.7. The van der Waals surface area contributed by atoms with Crippen molar-refractivity contribution < 1.29 is 9.90 Å². The molecule has 0 saturated heterocycles. The number of alkyl halides is 2. The Morgan fingerprint density at radius 3 is 2.47 bits per heavy atom. The molecule has 0 spiro atoms. The van der Waals surface area contributed by atoms with Crippen molar-refractivity contribution in [1.29, 1.82) is 0 Å². The summed E-state index contributed by atoms with van der Waals surface area (Å²) in [6.45, 7) is 0. The van der Waals surface area contributed by atoms with Crippen LogP contribution in [-0.4, -0.2) is 15.4 Å². The Labute approximate surface area is 129 Å². The van der Waals surface area contributed by atoms with Crippen LogP contribution in [0.25, 0.3) is 0 Å². The Morgan fingerprint density at radius 2 is 1.84 bits per heavy atom. The van der Waals surface area contributed by atoms with E-state index in [1.54, 1.807) is 0 Å². The van der Waals surface area contributed by atoms with E-state index < -0.39 is 10.3 Å². The second-order valence-corrected chi connectivity index (χ2v) is 8.01. The summed E-state index contributed by atoms with van der Waals surface area (Å²) in [7, 11) is 0. The third-order valence-electron chi connectivity index (χ3n) is 4.39. The van der Waals surface area contributed by atoms with E-state index in [1.807, 2.05) is 18.2 Å². The summed E-state index contributed by atoms with van der Waals surface area (Å²) in [4.78, 5) is 11.3. The number of allylic oxidation sites excluding steroid dienone is 2. The van der Waals surface area contributed by atoms with Crippen LogP contribution >= 0.6 is 31.9 Å². The Bertz CT molecular complexity index is 542. The number of fused-ring (bicyclic) bond motifs is 2. The Kier molecular flexibility index (Phi) is 3.13. The molecular formula is C15H14Br2O2. The van der Waals surface area contributed by atoms with Gasteiger partial charge in [0.25, 0.3) is 0 Å². The van der Waals surface area contributed by atoms with Crippen LogP contribution < -0.4 is 0 Å². The first kappa shape index (κ1) is 13.4. The molecular weight excluding hydrogens is 372 g/mol. The zero-order valence-corrected chi connectivity index (χ0v) is 13.4. The third kappa shape index (κ3) is 1.76. The standard InChI is InChI=1S/C15H14Br2O2/c16-14(9-13(18)19)11-6-7-12(8-11)15(14,17)10-4-2-1-3-5-10/h1-7,11-12H,8-9H2,(H,18,19). The van der Waals surface area contributed by atoms with Gasteiger partial charge < -0.3 is 5.11 Å². The highest BCUT2D eigenvalue weighted by Gasteiger charge is 2.64. The fraction of sp³-hybridized carbons (Fsp3) is 0.400. The second kappa shape index (κ2) is 4.45. The van der Waals surface area contributed by atoms with Crippen molar-refractivity contribution in [2.45, 2.75) is 21.5 Å². The highest BCUT2D eigenvalue weighted by atomic mass is 79.9. The van der Waals surface area contributed by atoms with Crippen LogP contribution in [0.15, 0.2) is 42.5 Å². The van der Waals surface area contributed by atoms with Gasteiger partial charge in [0.05, 0.1) is 15.1 Å². The molecule has 1 aromatic carbocycles. The summed E-state index contributed by atoms with van der Waals surface area (Å²) < 4.78 is -0.814. The van der Waals surface area contributed by atoms with E-state index in [0.29, 0.717) is 5.92 Å². The van der Waals surface area contributed by atoms with Crippen LogP contribution in [0.3, 0.4) is 0 Å². The molecule has 1 saturated carbocycles. The minimum Gasteiger partial charge on any atom is -0.481 e. The van der Waals surface area contributed by atoms with Crippen molar-refractivity contribution in [1.82, 2.24) is 0 Å². The molecule has 0 radical (unpaired) electrons. The molecule has 4 atom stereocenters. The van der Waals surface area contributed by atoms with Crippen molar-refractivity contribution in [3.05, 3.63) is 48.0 Å². The van der Waals surface area contributed by atoms with Gasteiger partial charge in [-0.25, -0.2) is 0 Å². The zero-order chi connectivity index (χ0) is 13.7. The molecule has 0 aliphatic heterocycles. The summed E-state index contributed by atoms with van der Waals surface area (Å²) in [5.41, 5.74) is 1.14. The lowest BCUT2D eigenvalue weighted by Gasteiger charge is -2.44. The summed E-state index contributed by atoms with van der Waals surface area (Å²) >= 11 is 7.68. The minimum atomic E-state index is -0.766. The van der Waals surface area contributed by atoms with E-state index in [2.05, 4.69) is 56.1 Å². The SMILES string of the molecule is O=C(O)CC1(Br)C2C=CC(C2)C1(Br)c1ccccc1. The number of hydrogen-bond donors (Lipinski definition) is 1. The molecule has 0 heterocycles. The molecule has 1 fully saturated rings. The lowest BCUT2D eigenvalue weighted by Crippen LogP contribution is -2.47. The van der Waals surface area contributed by atoms with E-state index in [1.165, 1.54) is 0 Å². The average Bonchev–Trinajstić information content (AvgIpc) is 2.93. The van der Waals surface area contributed by atoms with E-state index in [4.69, 9.17) is 0 Å². The van der Waals surface area contributed by atoms with Gasteiger partial charge in [0.15, 0.2) is 0 Å². The van der Waals surface area contributed by atoms with Crippen LogP contribution in [0.2, 0.25) is 0 Å². The first-order chi connectivity index (χ1) is 8.98. The summed E-state index contributed by atoms with van der Waals surface area (Å²) in [5.74, 6) is -0.176. The van der Waals surface area contributed by atoms with Crippen LogP contribution in [0.4, 0.5) is 0 Å². The molecule has 4 heteroatoms. The molecule has 0 amide bonds. The van der Waals surface area contributed by atoms with E-state index in [9.17, 15) is 9.90 Å². The second-order valence-electron chi connectivity index (χ2n) is 5.34. The predicted octanol–water partition coefficient (Wildman–Crippen LogP) is 4.09. The Hall–Kier alpha value is -0.610. The number of rotatable bonds is 3. The third-order valence-corrected chi connectivity index (χ3v) is 8.17. The average molecular weight is 386 g/mol. The molecule has 2 nitrogen and oxygen atoms in total. The fourth-order valence-corrected chi connectivity index (χ4v) is 5.67. The molecule has 2 aliphatic carbocycles. The molecule has 1 aromatic rings. The largest absolute Gasteiger partial charge is 0.481 e. The highest BCUT2D eigenvalue weighted by Crippen LogP contribution is 2.67. The van der Waals surface area contributed by atoms with Crippen LogP contribution in [-0.2, 0) is 9.12 Å². The smallest absolute Gasteiger partial charge is 0.304 e. The van der Waals surface area contributed by atoms with Crippen molar-refractivity contribution in [2.24, 2.45) is 11.8 Å². The summed E-state index contributed by atoms with van der Waals surface area (Å²) in [5, 5.41) is 9.27. The van der Waals surface area contributed by atoms with Gasteiger partial charge >= 0.3 is 5.97 Å². The number of benzene rings is 1. The van der Waals surface area contributed by atoms with Gasteiger partial charge in [0.2, 0.25) is 0 Å². The van der Waals surface area contributed by atoms with E-state index in [0.717, 1.165) is 12.0 Å². The summed E-state index contributed by atoms with van der Waals surface area (Å²) in [6.07, 6.45) is 5.48. The van der Waals surface area contributed by atoms with Crippen LogP contribution in [0.5, 0.6) is 0 Å². The van der Waals surface area contributed by atoms with E-state index >= 15 is 0 Å². The monoisotopic (exact) mass is 384 g/mol. The van der Waals surface area contributed by atoms with Crippen LogP contribution in [0.1, 0.15) is 18.4 Å². The number of halogens is 2. The molecule has 19 heavy (non-hydrogen) atoms. The van der Waals surface area contributed by atoms with Gasteiger partial charge in [-0.3, -0.25) is 4.79 Å². The predicted molar refractivity (Wildman–Crippen MR) is 81.7 cm³/mol. The van der Waals surface area contributed by atoms with Crippen molar-refractivity contribution in [3.63, 3.8) is 0 Å². The molecule has 2 aliphatic rings. The first-order valence-electron chi connectivity index (χ1n) is 6.32. The lowest BCUT2D eigenvalue weighted by atomic mass is 9.76. The minimum absolute atomic E-state index is 0.110. The number of carbonyl (C=O) groups is 1. The molecule has 1 N–H and O–H groups in total. The molecule has 3 rings (SSSR count). The van der Waals surface area contributed by atoms with Crippen molar-refractivity contribution in [2.75, 3.05) is 0 Å². The maximum atomic E-state index is 11.3.